The summed E-state index contributed by atoms with van der Waals surface area (Å²) in [6.07, 6.45) is 4.08. The largest absolute Gasteiger partial charge is 0.311 e. The van der Waals surface area contributed by atoms with Crippen molar-refractivity contribution in [2.24, 2.45) is 0 Å². The molecule has 1 aliphatic rings. The molecular formula is C18H13ClN3OS+. The number of pyridine rings is 1. The maximum atomic E-state index is 9.66. The van der Waals surface area contributed by atoms with Gasteiger partial charge in [0.15, 0.2) is 0 Å². The smallest absolute Gasteiger partial charge is 0.241 e. The minimum absolute atomic E-state index is 0.503. The number of fused-ring (bicyclic) bond motifs is 2. The van der Waals surface area contributed by atoms with Gasteiger partial charge in [-0.3, -0.25) is 5.21 Å². The molecule has 4 rings (SSSR count). The van der Waals surface area contributed by atoms with Gasteiger partial charge in [-0.05, 0) is 48.2 Å². The summed E-state index contributed by atoms with van der Waals surface area (Å²) in [4.78, 5) is 1.02. The first-order chi connectivity index (χ1) is 11.7. The van der Waals surface area contributed by atoms with E-state index in [0.29, 0.717) is 10.6 Å². The van der Waals surface area contributed by atoms with Crippen LogP contribution in [-0.2, 0) is 6.42 Å². The Bertz CT molecular complexity index is 999. The van der Waals surface area contributed by atoms with Gasteiger partial charge >= 0.3 is 0 Å². The Balaban J connectivity index is 1.76. The van der Waals surface area contributed by atoms with Crippen LogP contribution < -0.4 is 9.04 Å². The first-order valence-corrected chi connectivity index (χ1v) is 8.62. The Kier molecular flexibility index (Phi) is 3.72. The maximum Gasteiger partial charge on any atom is 0.241 e. The van der Waals surface area contributed by atoms with Gasteiger partial charge in [-0.25, -0.2) is 0 Å². The summed E-state index contributed by atoms with van der Waals surface area (Å²) in [6, 6.07) is 13.9. The molecule has 0 unspecified atom stereocenters. The van der Waals surface area contributed by atoms with Crippen LogP contribution in [0.2, 0.25) is 5.02 Å². The molecule has 0 aliphatic carbocycles. The minimum atomic E-state index is 0.503. The molecule has 2 heterocycles. The van der Waals surface area contributed by atoms with Crippen molar-refractivity contribution >= 4 is 40.0 Å². The van der Waals surface area contributed by atoms with Gasteiger partial charge in [-0.1, -0.05) is 23.7 Å². The van der Waals surface area contributed by atoms with Gasteiger partial charge in [0.25, 0.3) is 0 Å². The molecule has 4 nitrogen and oxygen atoms in total. The van der Waals surface area contributed by atoms with Crippen molar-refractivity contribution in [1.29, 1.82) is 5.26 Å². The van der Waals surface area contributed by atoms with E-state index in [9.17, 15) is 5.21 Å². The number of benzene rings is 2. The summed E-state index contributed by atoms with van der Waals surface area (Å²) >= 11 is 7.96. The Morgan fingerprint density at radius 3 is 2.96 bits per heavy atom. The third-order valence-electron chi connectivity index (χ3n) is 4.09. The number of nitrogens with zero attached hydrogens (tertiary/aromatic N) is 3. The predicted molar refractivity (Wildman–Crippen MR) is 94.4 cm³/mol. The molecule has 24 heavy (non-hydrogen) atoms. The summed E-state index contributed by atoms with van der Waals surface area (Å²) in [6.45, 7) is 0.885. The fourth-order valence-corrected chi connectivity index (χ4v) is 4.49. The van der Waals surface area contributed by atoms with Crippen LogP contribution >= 0.6 is 23.5 Å². The molecule has 6 heteroatoms. The molecule has 0 amide bonds. The van der Waals surface area contributed by atoms with Gasteiger partial charge in [-0.2, -0.15) is 5.26 Å². The Morgan fingerprint density at radius 2 is 2.12 bits per heavy atom. The number of hydrogen-bond donors (Lipinski definition) is 1. The van der Waals surface area contributed by atoms with Crippen LogP contribution in [0.3, 0.4) is 0 Å². The molecule has 0 saturated heterocycles. The van der Waals surface area contributed by atoms with E-state index in [0.717, 1.165) is 39.1 Å². The maximum absolute atomic E-state index is 9.66. The SMILES string of the molecule is N#Cc1ccc2c(c1)N(Sc1cccc3c[n+](O)cc(Cl)c13)CC2. The summed E-state index contributed by atoms with van der Waals surface area (Å²) in [5.41, 5.74) is 3.00. The number of hydrogen-bond acceptors (Lipinski definition) is 4. The van der Waals surface area contributed by atoms with Crippen LogP contribution in [0.4, 0.5) is 5.69 Å². The Morgan fingerprint density at radius 1 is 1.25 bits per heavy atom. The standard InChI is InChI=1S/C18H13ClN3OS/c19-15-11-21(23)10-14-2-1-3-17(18(14)15)24-22-7-6-13-5-4-12(9-20)8-16(13)22/h1-5,8,10-11,23H,6-7H2/q+1. The number of nitriles is 1. The second-order valence-corrected chi connectivity index (χ2v) is 7.08. The zero-order valence-electron chi connectivity index (χ0n) is 12.6. The Labute approximate surface area is 148 Å². The van der Waals surface area contributed by atoms with Crippen molar-refractivity contribution in [3.05, 3.63) is 64.9 Å². The second-order valence-electron chi connectivity index (χ2n) is 5.61. The van der Waals surface area contributed by atoms with Crippen molar-refractivity contribution in [2.75, 3.05) is 10.8 Å². The molecule has 2 aromatic carbocycles. The summed E-state index contributed by atoms with van der Waals surface area (Å²) in [5, 5.41) is 21.1. The van der Waals surface area contributed by atoms with E-state index in [-0.39, 0.29) is 0 Å². The van der Waals surface area contributed by atoms with Crippen LogP contribution in [0.15, 0.2) is 53.7 Å². The van der Waals surface area contributed by atoms with Gasteiger partial charge in [0.2, 0.25) is 12.4 Å². The van der Waals surface area contributed by atoms with E-state index >= 15 is 0 Å². The lowest BCUT2D eigenvalue weighted by atomic mass is 10.1. The van der Waals surface area contributed by atoms with E-state index in [4.69, 9.17) is 16.9 Å². The topological polar surface area (TPSA) is 51.1 Å². The van der Waals surface area contributed by atoms with E-state index in [2.05, 4.69) is 10.4 Å². The van der Waals surface area contributed by atoms with Crippen molar-refractivity contribution in [1.82, 2.24) is 0 Å². The number of aromatic nitrogens is 1. The number of halogens is 1. The number of anilines is 1. The lowest BCUT2D eigenvalue weighted by Gasteiger charge is -2.19. The average Bonchev–Trinajstić information content (AvgIpc) is 2.96. The van der Waals surface area contributed by atoms with Gasteiger partial charge in [-0.15, -0.1) is 0 Å². The molecule has 3 aromatic rings. The van der Waals surface area contributed by atoms with Crippen molar-refractivity contribution in [3.8, 4) is 6.07 Å². The third-order valence-corrected chi connectivity index (χ3v) is 5.51. The molecule has 1 N–H and O–H groups in total. The van der Waals surface area contributed by atoms with E-state index < -0.39 is 0 Å². The highest BCUT2D eigenvalue weighted by molar-refractivity contribution is 8.00. The van der Waals surface area contributed by atoms with Crippen LogP contribution in [0.25, 0.3) is 10.8 Å². The van der Waals surface area contributed by atoms with Crippen LogP contribution in [0, 0.1) is 11.3 Å². The first kappa shape index (κ1) is 15.1. The molecule has 0 bridgehead atoms. The quantitative estimate of drug-likeness (QED) is 0.430. The van der Waals surface area contributed by atoms with Crippen LogP contribution in [0.1, 0.15) is 11.1 Å². The molecular weight excluding hydrogens is 342 g/mol. The molecule has 1 aromatic heterocycles. The van der Waals surface area contributed by atoms with Gasteiger partial charge in [0.05, 0.1) is 22.7 Å². The predicted octanol–water partition coefficient (Wildman–Crippen LogP) is 3.96. The molecule has 0 saturated carbocycles. The normalized spacial score (nSPS) is 13.1. The average molecular weight is 355 g/mol. The fraction of sp³-hybridized carbons (Fsp3) is 0.111. The number of rotatable bonds is 2. The minimum Gasteiger partial charge on any atom is -0.311 e. The van der Waals surface area contributed by atoms with Crippen molar-refractivity contribution in [2.45, 2.75) is 11.3 Å². The summed E-state index contributed by atoms with van der Waals surface area (Å²) < 4.78 is 3.17. The molecule has 0 spiro atoms. The zero-order valence-corrected chi connectivity index (χ0v) is 14.2. The van der Waals surface area contributed by atoms with Crippen LogP contribution in [-0.4, -0.2) is 11.8 Å². The van der Waals surface area contributed by atoms with E-state index in [1.54, 1.807) is 18.1 Å². The summed E-state index contributed by atoms with van der Waals surface area (Å²) in [7, 11) is 0. The lowest BCUT2D eigenvalue weighted by Crippen LogP contribution is -2.28. The third kappa shape index (κ3) is 2.54. The highest BCUT2D eigenvalue weighted by Crippen LogP contribution is 2.40. The highest BCUT2D eigenvalue weighted by Gasteiger charge is 2.22. The van der Waals surface area contributed by atoms with Crippen molar-refractivity contribution < 1.29 is 9.94 Å². The van der Waals surface area contributed by atoms with E-state index in [1.165, 1.54) is 11.8 Å². The molecule has 118 valence electrons. The molecule has 0 radical (unpaired) electrons. The highest BCUT2D eigenvalue weighted by atomic mass is 35.5. The van der Waals surface area contributed by atoms with Gasteiger partial charge in [0, 0.05) is 21.6 Å². The van der Waals surface area contributed by atoms with Gasteiger partial charge in [0.1, 0.15) is 5.02 Å². The molecule has 0 atom stereocenters. The van der Waals surface area contributed by atoms with E-state index in [1.807, 2.05) is 36.4 Å². The molecule has 1 aliphatic heterocycles. The monoisotopic (exact) mass is 354 g/mol. The molecule has 0 fully saturated rings. The fourth-order valence-electron chi connectivity index (χ4n) is 2.98. The summed E-state index contributed by atoms with van der Waals surface area (Å²) in [5.74, 6) is 0. The van der Waals surface area contributed by atoms with Crippen molar-refractivity contribution in [3.63, 3.8) is 0 Å². The zero-order chi connectivity index (χ0) is 16.7. The Hall–Kier alpha value is -2.42. The lowest BCUT2D eigenvalue weighted by molar-refractivity contribution is -0.903. The van der Waals surface area contributed by atoms with Gasteiger partial charge < -0.3 is 4.31 Å². The second kappa shape index (κ2) is 5.90. The van der Waals surface area contributed by atoms with Crippen LogP contribution in [0.5, 0.6) is 0 Å². The first-order valence-electron chi connectivity index (χ1n) is 7.47.